The molecule has 0 unspecified atom stereocenters. The van der Waals surface area contributed by atoms with Crippen LogP contribution in [0.5, 0.6) is 0 Å². The second kappa shape index (κ2) is 5.61. The van der Waals surface area contributed by atoms with Crippen molar-refractivity contribution in [2.75, 3.05) is 0 Å². The lowest BCUT2D eigenvalue weighted by Gasteiger charge is -2.46. The number of allylic oxidation sites excluding steroid dienone is 16. The molecule has 4 aliphatic carbocycles. The molecule has 0 aromatic heterocycles. The fraction of sp³-hybridized carbons (Fsp3) is 0.273. The quantitative estimate of drug-likeness (QED) is 0.640. The SMILES string of the molecule is C1=CC(CC(C2C=CC=C2)(C2C=CC=C2)C2C=CC=C2)C=C1. The molecule has 110 valence electrons. The lowest BCUT2D eigenvalue weighted by molar-refractivity contribution is 0.119. The van der Waals surface area contributed by atoms with Crippen molar-refractivity contribution in [1.82, 2.24) is 0 Å². The van der Waals surface area contributed by atoms with Gasteiger partial charge in [0.2, 0.25) is 0 Å². The molecule has 0 radical (unpaired) electrons. The molecule has 0 spiro atoms. The molecule has 22 heavy (non-hydrogen) atoms. The third-order valence-electron chi connectivity index (χ3n) is 5.52. The predicted molar refractivity (Wildman–Crippen MR) is 94.1 cm³/mol. The molecule has 0 atom stereocenters. The van der Waals surface area contributed by atoms with Crippen LogP contribution in [0.4, 0.5) is 0 Å². The van der Waals surface area contributed by atoms with E-state index in [-0.39, 0.29) is 5.41 Å². The van der Waals surface area contributed by atoms with Crippen LogP contribution in [0, 0.1) is 29.1 Å². The zero-order valence-electron chi connectivity index (χ0n) is 12.8. The smallest absolute Gasteiger partial charge is 0.00269 e. The summed E-state index contributed by atoms with van der Waals surface area (Å²) < 4.78 is 0. The van der Waals surface area contributed by atoms with Gasteiger partial charge in [0.15, 0.2) is 0 Å². The van der Waals surface area contributed by atoms with Gasteiger partial charge in [-0.25, -0.2) is 0 Å². The van der Waals surface area contributed by atoms with Gasteiger partial charge >= 0.3 is 0 Å². The lowest BCUT2D eigenvalue weighted by Crippen LogP contribution is -2.41. The van der Waals surface area contributed by atoms with Crippen LogP contribution in [0.1, 0.15) is 6.42 Å². The van der Waals surface area contributed by atoms with Crippen molar-refractivity contribution in [2.45, 2.75) is 6.42 Å². The van der Waals surface area contributed by atoms with Crippen molar-refractivity contribution in [3.05, 3.63) is 97.2 Å². The van der Waals surface area contributed by atoms with Crippen LogP contribution in [-0.2, 0) is 0 Å². The van der Waals surface area contributed by atoms with Crippen molar-refractivity contribution in [3.8, 4) is 0 Å². The summed E-state index contributed by atoms with van der Waals surface area (Å²) in [4.78, 5) is 0. The number of hydrogen-bond acceptors (Lipinski definition) is 0. The molecular weight excluding hydrogens is 264 g/mol. The fourth-order valence-corrected chi connectivity index (χ4v) is 4.47. The summed E-state index contributed by atoms with van der Waals surface area (Å²) in [5.74, 6) is 2.02. The Labute approximate surface area is 133 Å². The van der Waals surface area contributed by atoms with E-state index in [0.29, 0.717) is 23.7 Å². The molecule has 0 aromatic rings. The summed E-state index contributed by atoms with van der Waals surface area (Å²) in [6.45, 7) is 0. The molecular formula is C22H22. The molecule has 0 saturated heterocycles. The topological polar surface area (TPSA) is 0 Å². The molecule has 0 saturated carbocycles. The number of rotatable bonds is 5. The van der Waals surface area contributed by atoms with Gasteiger partial charge in [-0.05, 0) is 12.3 Å². The minimum Gasteiger partial charge on any atom is -0.0776 e. The summed E-state index contributed by atoms with van der Waals surface area (Å²) in [6.07, 6.45) is 37.9. The van der Waals surface area contributed by atoms with Gasteiger partial charge < -0.3 is 0 Å². The Hall–Kier alpha value is -2.08. The minimum absolute atomic E-state index is 0.181. The van der Waals surface area contributed by atoms with E-state index in [1.807, 2.05) is 0 Å². The van der Waals surface area contributed by atoms with E-state index in [1.165, 1.54) is 6.42 Å². The van der Waals surface area contributed by atoms with Crippen LogP contribution in [0.3, 0.4) is 0 Å². The van der Waals surface area contributed by atoms with Crippen LogP contribution in [0.25, 0.3) is 0 Å². The Kier molecular flexibility index (Phi) is 3.46. The van der Waals surface area contributed by atoms with Crippen LogP contribution in [0.15, 0.2) is 97.2 Å². The Morgan fingerprint density at radius 2 is 0.773 bits per heavy atom. The molecule has 0 N–H and O–H groups in total. The summed E-state index contributed by atoms with van der Waals surface area (Å²) in [7, 11) is 0. The van der Waals surface area contributed by atoms with Crippen molar-refractivity contribution < 1.29 is 0 Å². The first kappa shape index (κ1) is 13.6. The third-order valence-corrected chi connectivity index (χ3v) is 5.52. The lowest BCUT2D eigenvalue weighted by atomic mass is 9.56. The van der Waals surface area contributed by atoms with E-state index >= 15 is 0 Å². The molecule has 0 nitrogen and oxygen atoms in total. The monoisotopic (exact) mass is 286 g/mol. The van der Waals surface area contributed by atoms with Crippen molar-refractivity contribution in [2.24, 2.45) is 29.1 Å². The highest BCUT2D eigenvalue weighted by Gasteiger charge is 2.47. The van der Waals surface area contributed by atoms with E-state index in [2.05, 4.69) is 97.2 Å². The van der Waals surface area contributed by atoms with Gasteiger partial charge in [-0.1, -0.05) is 97.2 Å². The van der Waals surface area contributed by atoms with Gasteiger partial charge in [0, 0.05) is 23.2 Å². The molecule has 4 rings (SSSR count). The molecule has 0 bridgehead atoms. The van der Waals surface area contributed by atoms with Crippen LogP contribution >= 0.6 is 0 Å². The molecule has 0 heteroatoms. The van der Waals surface area contributed by atoms with Crippen LogP contribution in [-0.4, -0.2) is 0 Å². The zero-order chi connectivity index (χ0) is 14.8. The molecule has 4 aliphatic rings. The molecule has 0 fully saturated rings. The Balaban J connectivity index is 1.78. The van der Waals surface area contributed by atoms with E-state index in [4.69, 9.17) is 0 Å². The summed E-state index contributed by atoms with van der Waals surface area (Å²) in [5.41, 5.74) is 0.181. The first-order valence-electron chi connectivity index (χ1n) is 8.29. The maximum Gasteiger partial charge on any atom is 0.00269 e. The first-order valence-corrected chi connectivity index (χ1v) is 8.29. The third kappa shape index (κ3) is 2.14. The van der Waals surface area contributed by atoms with Crippen molar-refractivity contribution in [3.63, 3.8) is 0 Å². The highest BCUT2D eigenvalue weighted by atomic mass is 14.5. The van der Waals surface area contributed by atoms with Crippen molar-refractivity contribution >= 4 is 0 Å². The first-order chi connectivity index (χ1) is 10.9. The predicted octanol–water partition coefficient (Wildman–Crippen LogP) is 5.33. The second-order valence-corrected chi connectivity index (χ2v) is 6.64. The van der Waals surface area contributed by atoms with Gasteiger partial charge in [0.1, 0.15) is 0 Å². The maximum atomic E-state index is 2.39. The average molecular weight is 286 g/mol. The summed E-state index contributed by atoms with van der Waals surface area (Å²) in [6, 6.07) is 0. The Morgan fingerprint density at radius 3 is 1.14 bits per heavy atom. The summed E-state index contributed by atoms with van der Waals surface area (Å²) >= 11 is 0. The number of hydrogen-bond donors (Lipinski definition) is 0. The molecule has 0 aliphatic heterocycles. The normalized spacial score (nSPS) is 24.2. The zero-order valence-corrected chi connectivity index (χ0v) is 12.8. The largest absolute Gasteiger partial charge is 0.0776 e. The summed E-state index contributed by atoms with van der Waals surface area (Å²) in [5, 5.41) is 0. The Bertz CT molecular complexity index is 543. The highest BCUT2D eigenvalue weighted by Crippen LogP contribution is 2.54. The van der Waals surface area contributed by atoms with E-state index in [1.54, 1.807) is 0 Å². The van der Waals surface area contributed by atoms with E-state index in [0.717, 1.165) is 0 Å². The molecule has 0 heterocycles. The van der Waals surface area contributed by atoms with Gasteiger partial charge in [-0.3, -0.25) is 0 Å². The highest BCUT2D eigenvalue weighted by molar-refractivity contribution is 5.35. The van der Waals surface area contributed by atoms with E-state index in [9.17, 15) is 0 Å². The maximum absolute atomic E-state index is 2.39. The van der Waals surface area contributed by atoms with E-state index < -0.39 is 0 Å². The van der Waals surface area contributed by atoms with Gasteiger partial charge in [0.05, 0.1) is 0 Å². The average Bonchev–Trinajstić information content (AvgIpc) is 3.36. The Morgan fingerprint density at radius 1 is 0.455 bits per heavy atom. The van der Waals surface area contributed by atoms with Crippen LogP contribution in [0.2, 0.25) is 0 Å². The second-order valence-electron chi connectivity index (χ2n) is 6.64. The molecule has 0 aromatic carbocycles. The van der Waals surface area contributed by atoms with Crippen molar-refractivity contribution in [1.29, 1.82) is 0 Å². The minimum atomic E-state index is 0.181. The fourth-order valence-electron chi connectivity index (χ4n) is 4.47. The van der Waals surface area contributed by atoms with Crippen LogP contribution < -0.4 is 0 Å². The standard InChI is InChI=1S/C22H22/c1-2-10-18(9-1)17-22(19-11-3-4-12-19,20-13-5-6-14-20)21-15-7-8-16-21/h1-16,18-21H,17H2. The molecule has 0 amide bonds. The van der Waals surface area contributed by atoms with Gasteiger partial charge in [0.25, 0.3) is 0 Å². The van der Waals surface area contributed by atoms with Gasteiger partial charge in [-0.15, -0.1) is 0 Å². The van der Waals surface area contributed by atoms with Gasteiger partial charge in [-0.2, -0.15) is 0 Å².